The van der Waals surface area contributed by atoms with Crippen molar-refractivity contribution in [3.05, 3.63) is 48.0 Å². The maximum Gasteiger partial charge on any atom is 0.416 e. The molecule has 1 fully saturated rings. The molecule has 11 heteroatoms. The number of alkyl halides is 3. The molecule has 204 valence electrons. The van der Waals surface area contributed by atoms with Crippen molar-refractivity contribution in [1.29, 1.82) is 0 Å². The normalized spacial score (nSPS) is 16.1. The van der Waals surface area contributed by atoms with Gasteiger partial charge in [-0.1, -0.05) is 26.7 Å². The van der Waals surface area contributed by atoms with Gasteiger partial charge in [0.25, 0.3) is 0 Å². The van der Waals surface area contributed by atoms with E-state index >= 15 is 0 Å². The lowest BCUT2D eigenvalue weighted by atomic mass is 9.81. The van der Waals surface area contributed by atoms with Crippen LogP contribution in [0.3, 0.4) is 0 Å². The summed E-state index contributed by atoms with van der Waals surface area (Å²) >= 11 is 0. The van der Waals surface area contributed by atoms with E-state index in [1.807, 2.05) is 0 Å². The van der Waals surface area contributed by atoms with Crippen LogP contribution < -0.4 is 10.1 Å². The van der Waals surface area contributed by atoms with E-state index in [2.05, 4.69) is 19.2 Å². The third-order valence-corrected chi connectivity index (χ3v) is 7.91. The fourth-order valence-corrected chi connectivity index (χ4v) is 5.06. The number of amides is 2. The number of nitrogens with one attached hydrogen (secondary N) is 1. The van der Waals surface area contributed by atoms with Crippen molar-refractivity contribution in [2.75, 3.05) is 24.7 Å². The number of ether oxygens (including phenoxy) is 1. The largest absolute Gasteiger partial charge is 0.457 e. The van der Waals surface area contributed by atoms with Crippen LogP contribution >= 0.6 is 0 Å². The first-order valence-electron chi connectivity index (χ1n) is 12.2. The summed E-state index contributed by atoms with van der Waals surface area (Å²) in [7, 11) is -3.44. The summed E-state index contributed by atoms with van der Waals surface area (Å²) in [5, 5.41) is 13.4. The minimum absolute atomic E-state index is 0.0465. The molecular formula is C26H33F3N2O5S. The van der Waals surface area contributed by atoms with Gasteiger partial charge in [0.05, 0.1) is 16.1 Å². The molecule has 2 aromatic carbocycles. The van der Waals surface area contributed by atoms with Crippen molar-refractivity contribution >= 4 is 21.6 Å². The molecule has 0 saturated carbocycles. The van der Waals surface area contributed by atoms with E-state index in [0.29, 0.717) is 25.2 Å². The van der Waals surface area contributed by atoms with Gasteiger partial charge < -0.3 is 20.1 Å². The quantitative estimate of drug-likeness (QED) is 0.421. The van der Waals surface area contributed by atoms with Gasteiger partial charge in [-0.25, -0.2) is 13.2 Å². The summed E-state index contributed by atoms with van der Waals surface area (Å²) in [6.07, 6.45) is -0.254. The third-order valence-electron chi connectivity index (χ3n) is 6.78. The van der Waals surface area contributed by atoms with Crippen LogP contribution in [-0.4, -0.2) is 49.4 Å². The van der Waals surface area contributed by atoms with Gasteiger partial charge in [-0.05, 0) is 61.6 Å². The van der Waals surface area contributed by atoms with Crippen LogP contribution in [0.15, 0.2) is 47.4 Å². The molecule has 2 amide bonds. The molecule has 1 saturated heterocycles. The second kappa shape index (κ2) is 11.3. The molecule has 0 radical (unpaired) electrons. The van der Waals surface area contributed by atoms with Crippen LogP contribution in [0.1, 0.15) is 51.5 Å². The number of halogens is 3. The van der Waals surface area contributed by atoms with E-state index in [1.54, 1.807) is 0 Å². The predicted molar refractivity (Wildman–Crippen MR) is 135 cm³/mol. The summed E-state index contributed by atoms with van der Waals surface area (Å²) in [6, 6.07) is 7.60. The first kappa shape index (κ1) is 28.8. The van der Waals surface area contributed by atoms with E-state index < -0.39 is 33.2 Å². The molecular weight excluding hydrogens is 509 g/mol. The van der Waals surface area contributed by atoms with Gasteiger partial charge in [0.2, 0.25) is 0 Å². The number of carbonyl (C=O) groups is 1. The summed E-state index contributed by atoms with van der Waals surface area (Å²) < 4.78 is 69.4. The summed E-state index contributed by atoms with van der Waals surface area (Å²) in [4.78, 5) is 14.4. The average molecular weight is 543 g/mol. The van der Waals surface area contributed by atoms with Crippen LogP contribution in [0.2, 0.25) is 0 Å². The van der Waals surface area contributed by atoms with Gasteiger partial charge in [-0.15, -0.1) is 0 Å². The minimum Gasteiger partial charge on any atom is -0.457 e. The average Bonchev–Trinajstić information content (AvgIpc) is 2.82. The summed E-state index contributed by atoms with van der Waals surface area (Å²) in [5.74, 6) is 0.365. The van der Waals surface area contributed by atoms with Crippen LogP contribution in [0.5, 0.6) is 11.5 Å². The molecule has 0 unspecified atom stereocenters. The fourth-order valence-electron chi connectivity index (χ4n) is 4.43. The van der Waals surface area contributed by atoms with Gasteiger partial charge in [0.1, 0.15) is 11.5 Å². The maximum absolute atomic E-state index is 13.5. The van der Waals surface area contributed by atoms with Crippen LogP contribution in [0, 0.1) is 5.92 Å². The van der Waals surface area contributed by atoms with Crippen molar-refractivity contribution < 1.29 is 36.2 Å². The molecule has 1 heterocycles. The van der Waals surface area contributed by atoms with Crippen molar-refractivity contribution in [1.82, 2.24) is 4.90 Å². The highest BCUT2D eigenvalue weighted by Crippen LogP contribution is 2.36. The Balaban J connectivity index is 1.73. The number of benzene rings is 2. The van der Waals surface area contributed by atoms with E-state index in [4.69, 9.17) is 4.74 Å². The molecule has 0 bridgehead atoms. The zero-order valence-corrected chi connectivity index (χ0v) is 22.0. The molecule has 0 aromatic heterocycles. The van der Waals surface area contributed by atoms with E-state index in [0.717, 1.165) is 31.2 Å². The molecule has 2 aromatic rings. The molecule has 7 nitrogen and oxygen atoms in total. The van der Waals surface area contributed by atoms with Crippen molar-refractivity contribution in [2.45, 2.75) is 62.6 Å². The number of carbonyl (C=O) groups excluding carboxylic acids is 1. The Morgan fingerprint density at radius 1 is 1.08 bits per heavy atom. The minimum atomic E-state index is -4.68. The molecule has 37 heavy (non-hydrogen) atoms. The van der Waals surface area contributed by atoms with Gasteiger partial charge >= 0.3 is 12.2 Å². The number of piperidine rings is 1. The Kier molecular flexibility index (Phi) is 8.79. The van der Waals surface area contributed by atoms with Gasteiger partial charge in [-0.3, -0.25) is 0 Å². The van der Waals surface area contributed by atoms with Gasteiger partial charge in [0.15, 0.2) is 9.84 Å². The lowest BCUT2D eigenvalue weighted by Gasteiger charge is -2.39. The van der Waals surface area contributed by atoms with Gasteiger partial charge in [-0.2, -0.15) is 13.2 Å². The topological polar surface area (TPSA) is 95.9 Å². The Bertz CT molecular complexity index is 1190. The number of rotatable bonds is 8. The number of sulfone groups is 1. The molecule has 0 spiro atoms. The van der Waals surface area contributed by atoms with Crippen molar-refractivity contribution in [2.24, 2.45) is 5.92 Å². The molecule has 1 aliphatic rings. The highest BCUT2D eigenvalue weighted by Gasteiger charge is 2.36. The molecule has 0 atom stereocenters. The Hall–Kier alpha value is -2.79. The SMILES string of the molecule is CCC(CC)CC1(O)CCN(C(=O)Nc2cc(Oc3ccc(S(C)(=O)=O)cc3)cc(C(F)(F)F)c2)CC1. The standard InChI is InChI=1S/C26H33F3N2O5S/c1-4-18(5-2)17-25(33)10-12-31(13-11-25)24(32)30-20-14-19(26(27,28)29)15-22(16-20)36-21-6-8-23(9-7-21)37(3,34)35/h6-9,14-16,18,33H,4-5,10-13,17H2,1-3H3,(H,30,32). The van der Waals surface area contributed by atoms with Crippen LogP contribution in [-0.2, 0) is 16.0 Å². The summed E-state index contributed by atoms with van der Waals surface area (Å²) in [6.45, 7) is 4.74. The molecule has 3 rings (SSSR count). The van der Waals surface area contributed by atoms with E-state index in [1.165, 1.54) is 35.2 Å². The van der Waals surface area contributed by atoms with E-state index in [-0.39, 0.29) is 35.2 Å². The second-order valence-corrected chi connectivity index (χ2v) is 11.6. The monoisotopic (exact) mass is 542 g/mol. The smallest absolute Gasteiger partial charge is 0.416 e. The number of hydrogen-bond donors (Lipinski definition) is 2. The third kappa shape index (κ3) is 7.85. The maximum atomic E-state index is 13.5. The Labute approximate surface area is 215 Å². The Morgan fingerprint density at radius 3 is 2.19 bits per heavy atom. The zero-order valence-electron chi connectivity index (χ0n) is 21.1. The lowest BCUT2D eigenvalue weighted by Crippen LogP contribution is -2.48. The highest BCUT2D eigenvalue weighted by atomic mass is 32.2. The first-order valence-corrected chi connectivity index (χ1v) is 14.1. The summed E-state index contributed by atoms with van der Waals surface area (Å²) in [5.41, 5.74) is -1.95. The predicted octanol–water partition coefficient (Wildman–Crippen LogP) is 6.09. The van der Waals surface area contributed by atoms with Gasteiger partial charge in [0, 0.05) is 31.1 Å². The number of likely N-dealkylation sites (tertiary alicyclic amines) is 1. The number of urea groups is 1. The number of hydrogen-bond acceptors (Lipinski definition) is 5. The van der Waals surface area contributed by atoms with E-state index in [9.17, 15) is 31.5 Å². The first-order chi connectivity index (χ1) is 17.2. The number of nitrogens with zero attached hydrogens (tertiary/aromatic N) is 1. The zero-order chi connectivity index (χ0) is 27.4. The molecule has 1 aliphatic heterocycles. The molecule has 0 aliphatic carbocycles. The Morgan fingerprint density at radius 2 is 1.68 bits per heavy atom. The van der Waals surface area contributed by atoms with Crippen LogP contribution in [0.25, 0.3) is 0 Å². The van der Waals surface area contributed by atoms with Crippen molar-refractivity contribution in [3.63, 3.8) is 0 Å². The number of anilines is 1. The number of aliphatic hydroxyl groups is 1. The molecule has 2 N–H and O–H groups in total. The van der Waals surface area contributed by atoms with Crippen LogP contribution in [0.4, 0.5) is 23.7 Å². The van der Waals surface area contributed by atoms with Crippen molar-refractivity contribution in [3.8, 4) is 11.5 Å². The lowest BCUT2D eigenvalue weighted by molar-refractivity contribution is -0.137. The fraction of sp³-hybridized carbons (Fsp3) is 0.500. The second-order valence-electron chi connectivity index (χ2n) is 9.62. The highest BCUT2D eigenvalue weighted by molar-refractivity contribution is 7.90.